The maximum atomic E-state index is 12.5. The third kappa shape index (κ3) is 3.44. The normalized spacial score (nSPS) is 11.8. The summed E-state index contributed by atoms with van der Waals surface area (Å²) in [5.74, 6) is -0.478. The number of benzene rings is 2. The molecule has 0 saturated carbocycles. The number of carbonyl (C=O) groups is 1. The summed E-state index contributed by atoms with van der Waals surface area (Å²) in [7, 11) is 0. The minimum atomic E-state index is -0.526. The molecule has 0 spiro atoms. The van der Waals surface area contributed by atoms with Gasteiger partial charge in [-0.25, -0.2) is 9.67 Å². The Morgan fingerprint density at radius 1 is 1.23 bits per heavy atom. The van der Waals surface area contributed by atoms with Crippen LogP contribution < -0.4 is 5.32 Å². The van der Waals surface area contributed by atoms with E-state index in [-0.39, 0.29) is 17.3 Å². The quantitative estimate of drug-likeness (QED) is 0.562. The predicted molar refractivity (Wildman–Crippen MR) is 95.1 cm³/mol. The zero-order chi connectivity index (χ0) is 18.7. The molecular weight excluding hydrogens is 334 g/mol. The summed E-state index contributed by atoms with van der Waals surface area (Å²) in [4.78, 5) is 27.2. The zero-order valence-corrected chi connectivity index (χ0v) is 14.3. The van der Waals surface area contributed by atoms with Gasteiger partial charge in [-0.2, -0.15) is 5.10 Å². The molecule has 0 aliphatic heterocycles. The fourth-order valence-electron chi connectivity index (χ4n) is 2.70. The van der Waals surface area contributed by atoms with Crippen molar-refractivity contribution in [2.75, 3.05) is 0 Å². The van der Waals surface area contributed by atoms with Gasteiger partial charge in [-0.1, -0.05) is 24.3 Å². The molecular formula is C18H17N5O3. The SMILES string of the molecule is Cc1cccc(C(=O)NC(C)c2ccc(-n3cncn3)cc2)c1[N+](=O)[O-]. The first-order chi connectivity index (χ1) is 12.5. The van der Waals surface area contributed by atoms with Crippen molar-refractivity contribution in [3.05, 3.63) is 81.9 Å². The van der Waals surface area contributed by atoms with Crippen LogP contribution in [0.3, 0.4) is 0 Å². The number of aromatic nitrogens is 3. The number of nitrogens with one attached hydrogen (secondary N) is 1. The number of nitrogens with zero attached hydrogens (tertiary/aromatic N) is 4. The van der Waals surface area contributed by atoms with Crippen LogP contribution in [0.25, 0.3) is 5.69 Å². The molecule has 132 valence electrons. The van der Waals surface area contributed by atoms with Crippen LogP contribution >= 0.6 is 0 Å². The second-order valence-electron chi connectivity index (χ2n) is 5.85. The highest BCUT2D eigenvalue weighted by Gasteiger charge is 2.23. The number of carbonyl (C=O) groups excluding carboxylic acids is 1. The van der Waals surface area contributed by atoms with Crippen molar-refractivity contribution in [1.29, 1.82) is 0 Å². The van der Waals surface area contributed by atoms with E-state index in [0.29, 0.717) is 5.56 Å². The summed E-state index contributed by atoms with van der Waals surface area (Å²) in [6, 6.07) is 11.9. The highest BCUT2D eigenvalue weighted by atomic mass is 16.6. The number of amides is 1. The third-order valence-electron chi connectivity index (χ3n) is 4.09. The third-order valence-corrected chi connectivity index (χ3v) is 4.09. The van der Waals surface area contributed by atoms with Gasteiger partial charge in [-0.3, -0.25) is 14.9 Å². The minimum Gasteiger partial charge on any atom is -0.345 e. The summed E-state index contributed by atoms with van der Waals surface area (Å²) in [5.41, 5.74) is 2.06. The molecule has 26 heavy (non-hydrogen) atoms. The van der Waals surface area contributed by atoms with E-state index in [4.69, 9.17) is 0 Å². The first kappa shape index (κ1) is 17.3. The monoisotopic (exact) mass is 351 g/mol. The predicted octanol–water partition coefficient (Wildman–Crippen LogP) is 2.97. The number of nitro benzene ring substituents is 1. The summed E-state index contributed by atoms with van der Waals surface area (Å²) < 4.78 is 1.63. The van der Waals surface area contributed by atoms with Crippen molar-refractivity contribution in [2.45, 2.75) is 19.9 Å². The molecule has 1 amide bonds. The second kappa shape index (κ2) is 7.14. The molecule has 1 atom stereocenters. The smallest absolute Gasteiger partial charge is 0.285 e. The van der Waals surface area contributed by atoms with Gasteiger partial charge in [-0.15, -0.1) is 0 Å². The molecule has 0 bridgehead atoms. The van der Waals surface area contributed by atoms with Crippen molar-refractivity contribution in [2.24, 2.45) is 0 Å². The van der Waals surface area contributed by atoms with Gasteiger partial charge in [0.15, 0.2) is 0 Å². The average molecular weight is 351 g/mol. The Morgan fingerprint density at radius 3 is 2.58 bits per heavy atom. The lowest BCUT2D eigenvalue weighted by Crippen LogP contribution is -2.27. The topological polar surface area (TPSA) is 103 Å². The summed E-state index contributed by atoms with van der Waals surface area (Å²) in [6.45, 7) is 3.44. The molecule has 8 nitrogen and oxygen atoms in total. The molecule has 1 heterocycles. The first-order valence-electron chi connectivity index (χ1n) is 7.97. The van der Waals surface area contributed by atoms with Gasteiger partial charge in [0.2, 0.25) is 0 Å². The summed E-state index contributed by atoms with van der Waals surface area (Å²) in [5, 5.41) is 18.1. The van der Waals surface area contributed by atoms with Gasteiger partial charge in [0.05, 0.1) is 16.7 Å². The lowest BCUT2D eigenvalue weighted by molar-refractivity contribution is -0.385. The van der Waals surface area contributed by atoms with Crippen LogP contribution in [0.4, 0.5) is 5.69 Å². The summed E-state index contributed by atoms with van der Waals surface area (Å²) >= 11 is 0. The molecule has 3 rings (SSSR count). The van der Waals surface area contributed by atoms with E-state index in [1.807, 2.05) is 31.2 Å². The van der Waals surface area contributed by atoms with E-state index in [1.165, 1.54) is 12.4 Å². The highest BCUT2D eigenvalue weighted by Crippen LogP contribution is 2.24. The van der Waals surface area contributed by atoms with Gasteiger partial charge >= 0.3 is 0 Å². The molecule has 0 fully saturated rings. The zero-order valence-electron chi connectivity index (χ0n) is 14.3. The molecule has 1 N–H and O–H groups in total. The van der Waals surface area contributed by atoms with Crippen LogP contribution in [-0.2, 0) is 0 Å². The van der Waals surface area contributed by atoms with E-state index in [0.717, 1.165) is 11.3 Å². The number of hydrogen-bond acceptors (Lipinski definition) is 5. The number of hydrogen-bond donors (Lipinski definition) is 1. The van der Waals surface area contributed by atoms with E-state index in [1.54, 1.807) is 30.1 Å². The van der Waals surface area contributed by atoms with E-state index < -0.39 is 10.8 Å². The molecule has 1 unspecified atom stereocenters. The molecule has 8 heteroatoms. The fraction of sp³-hybridized carbons (Fsp3) is 0.167. The highest BCUT2D eigenvalue weighted by molar-refractivity contribution is 5.98. The van der Waals surface area contributed by atoms with Crippen molar-refractivity contribution in [3.8, 4) is 5.69 Å². The largest absolute Gasteiger partial charge is 0.345 e. The van der Waals surface area contributed by atoms with Gasteiger partial charge < -0.3 is 5.32 Å². The van der Waals surface area contributed by atoms with Crippen LogP contribution in [0, 0.1) is 17.0 Å². The molecule has 0 saturated heterocycles. The molecule has 0 radical (unpaired) electrons. The number of nitro groups is 1. The molecule has 0 aliphatic carbocycles. The maximum absolute atomic E-state index is 12.5. The lowest BCUT2D eigenvalue weighted by atomic mass is 10.1. The fourth-order valence-corrected chi connectivity index (χ4v) is 2.70. The van der Waals surface area contributed by atoms with Gasteiger partial charge in [0.25, 0.3) is 11.6 Å². The molecule has 1 aromatic heterocycles. The standard InChI is InChI=1S/C18H17N5O3/c1-12-4-3-5-16(17(12)23(25)26)18(24)21-13(2)14-6-8-15(9-7-14)22-11-19-10-20-22/h3-11,13H,1-2H3,(H,21,24). The maximum Gasteiger partial charge on any atom is 0.285 e. The Morgan fingerprint density at radius 2 is 1.96 bits per heavy atom. The van der Waals surface area contributed by atoms with Crippen molar-refractivity contribution in [1.82, 2.24) is 20.1 Å². The number of rotatable bonds is 5. The summed E-state index contributed by atoms with van der Waals surface area (Å²) in [6.07, 6.45) is 3.04. The first-order valence-corrected chi connectivity index (χ1v) is 7.97. The Hall–Kier alpha value is -3.55. The molecule has 2 aromatic carbocycles. The van der Waals surface area contributed by atoms with E-state index in [9.17, 15) is 14.9 Å². The average Bonchev–Trinajstić information content (AvgIpc) is 3.16. The molecule has 3 aromatic rings. The van der Waals surface area contributed by atoms with Crippen LogP contribution in [0.1, 0.15) is 34.5 Å². The lowest BCUT2D eigenvalue weighted by Gasteiger charge is -2.15. The van der Waals surface area contributed by atoms with Crippen molar-refractivity contribution < 1.29 is 9.72 Å². The van der Waals surface area contributed by atoms with E-state index >= 15 is 0 Å². The Labute approximate surface area is 149 Å². The Kier molecular flexibility index (Phi) is 4.74. The van der Waals surface area contributed by atoms with E-state index in [2.05, 4.69) is 15.4 Å². The minimum absolute atomic E-state index is 0.0566. The van der Waals surface area contributed by atoms with Crippen LogP contribution in [0.2, 0.25) is 0 Å². The van der Waals surface area contributed by atoms with Crippen molar-refractivity contribution in [3.63, 3.8) is 0 Å². The van der Waals surface area contributed by atoms with Crippen LogP contribution in [-0.4, -0.2) is 25.6 Å². The van der Waals surface area contributed by atoms with Gasteiger partial charge in [0.1, 0.15) is 18.2 Å². The van der Waals surface area contributed by atoms with Crippen LogP contribution in [0.15, 0.2) is 55.1 Å². The second-order valence-corrected chi connectivity index (χ2v) is 5.85. The van der Waals surface area contributed by atoms with Crippen LogP contribution in [0.5, 0.6) is 0 Å². The molecule has 0 aliphatic rings. The Balaban J connectivity index is 1.78. The van der Waals surface area contributed by atoms with Crippen molar-refractivity contribution >= 4 is 11.6 Å². The number of para-hydroxylation sites is 1. The van der Waals surface area contributed by atoms with Gasteiger partial charge in [0, 0.05) is 5.56 Å². The Bertz CT molecular complexity index is 936. The number of aryl methyl sites for hydroxylation is 1. The van der Waals surface area contributed by atoms with Gasteiger partial charge in [-0.05, 0) is 37.6 Å².